The number of para-hydroxylation sites is 1. The molecular weight excluding hydrogens is 376 g/mol. The van der Waals surface area contributed by atoms with Crippen molar-refractivity contribution < 1.29 is 4.79 Å². The van der Waals surface area contributed by atoms with Gasteiger partial charge in [-0.05, 0) is 24.5 Å². The van der Waals surface area contributed by atoms with Gasteiger partial charge in [-0.3, -0.25) is 14.5 Å². The second kappa shape index (κ2) is 6.84. The van der Waals surface area contributed by atoms with Gasteiger partial charge in [0.2, 0.25) is 5.91 Å². The molecule has 6 nitrogen and oxygen atoms in total. The Morgan fingerprint density at radius 2 is 1.97 bits per heavy atom. The van der Waals surface area contributed by atoms with E-state index in [4.69, 9.17) is 0 Å². The van der Waals surface area contributed by atoms with E-state index in [1.807, 2.05) is 21.6 Å². The van der Waals surface area contributed by atoms with Crippen molar-refractivity contribution in [2.24, 2.45) is 5.92 Å². The lowest BCUT2D eigenvalue weighted by atomic mass is 9.83. The zero-order chi connectivity index (χ0) is 20.2. The molecule has 0 unspecified atom stereocenters. The summed E-state index contributed by atoms with van der Waals surface area (Å²) in [5, 5.41) is 1.24. The van der Waals surface area contributed by atoms with Crippen molar-refractivity contribution in [3.63, 3.8) is 0 Å². The van der Waals surface area contributed by atoms with Gasteiger partial charge in [0.15, 0.2) is 0 Å². The van der Waals surface area contributed by atoms with Crippen LogP contribution in [0.4, 0.5) is 0 Å². The number of aromatic amines is 1. The summed E-state index contributed by atoms with van der Waals surface area (Å²) < 4.78 is 1.95. The number of carbonyl (C=O) groups is 1. The van der Waals surface area contributed by atoms with Crippen LogP contribution in [0.2, 0.25) is 0 Å². The maximum atomic E-state index is 13.2. The first-order chi connectivity index (χ1) is 14.7. The molecule has 1 amide bonds. The van der Waals surface area contributed by atoms with E-state index in [9.17, 15) is 9.59 Å². The van der Waals surface area contributed by atoms with Gasteiger partial charge in [0, 0.05) is 79.0 Å². The Morgan fingerprint density at radius 1 is 1.07 bits per heavy atom. The van der Waals surface area contributed by atoms with E-state index in [0.29, 0.717) is 24.9 Å². The summed E-state index contributed by atoms with van der Waals surface area (Å²) in [5.41, 5.74) is 4.95. The van der Waals surface area contributed by atoms with Crippen molar-refractivity contribution >= 4 is 16.8 Å². The summed E-state index contributed by atoms with van der Waals surface area (Å²) in [5.74, 6) is 1.02. The number of hydrogen-bond acceptors (Lipinski definition) is 3. The van der Waals surface area contributed by atoms with E-state index in [-0.39, 0.29) is 11.5 Å². The normalized spacial score (nSPS) is 23.3. The van der Waals surface area contributed by atoms with E-state index in [1.165, 1.54) is 16.6 Å². The average Bonchev–Trinajstić information content (AvgIpc) is 3.12. The lowest BCUT2D eigenvalue weighted by Gasteiger charge is -2.43. The Kier molecular flexibility index (Phi) is 4.09. The first kappa shape index (κ1) is 18.0. The van der Waals surface area contributed by atoms with Gasteiger partial charge in [0.1, 0.15) is 0 Å². The zero-order valence-corrected chi connectivity index (χ0v) is 17.0. The van der Waals surface area contributed by atoms with Crippen LogP contribution >= 0.6 is 0 Å². The first-order valence-electron chi connectivity index (χ1n) is 10.9. The van der Waals surface area contributed by atoms with E-state index < -0.39 is 0 Å². The molecule has 2 aromatic heterocycles. The number of piperidine rings is 1. The summed E-state index contributed by atoms with van der Waals surface area (Å²) >= 11 is 0. The van der Waals surface area contributed by atoms with Crippen LogP contribution in [0, 0.1) is 5.92 Å². The minimum absolute atomic E-state index is 0.106. The highest BCUT2D eigenvalue weighted by molar-refractivity contribution is 5.86. The van der Waals surface area contributed by atoms with Crippen LogP contribution in [0.5, 0.6) is 0 Å². The SMILES string of the molecule is O=C(CN1C[C@H]2C[C@@H](C1)c1cccc(=O)n1C2)N1CCc2[nH]c3ccccc3c2C1. The third kappa shape index (κ3) is 2.89. The molecule has 6 rings (SSSR count). The topological polar surface area (TPSA) is 61.3 Å². The van der Waals surface area contributed by atoms with Gasteiger partial charge < -0.3 is 14.5 Å². The maximum absolute atomic E-state index is 13.2. The third-order valence-corrected chi connectivity index (χ3v) is 7.15. The smallest absolute Gasteiger partial charge is 0.250 e. The van der Waals surface area contributed by atoms with E-state index >= 15 is 0 Å². The fourth-order valence-corrected chi connectivity index (χ4v) is 5.80. The Hall–Kier alpha value is -2.86. The lowest BCUT2D eigenvalue weighted by molar-refractivity contribution is -0.134. The summed E-state index contributed by atoms with van der Waals surface area (Å²) in [4.78, 5) is 33.2. The van der Waals surface area contributed by atoms with Gasteiger partial charge in [-0.15, -0.1) is 0 Å². The molecule has 30 heavy (non-hydrogen) atoms. The zero-order valence-electron chi connectivity index (χ0n) is 17.0. The Bertz CT molecular complexity index is 1190. The molecule has 5 heterocycles. The molecule has 154 valence electrons. The monoisotopic (exact) mass is 402 g/mol. The molecule has 6 heteroatoms. The molecule has 2 bridgehead atoms. The molecule has 3 aliphatic rings. The van der Waals surface area contributed by atoms with Gasteiger partial charge >= 0.3 is 0 Å². The van der Waals surface area contributed by atoms with Gasteiger partial charge in [0.05, 0.1) is 6.54 Å². The molecule has 3 aromatic rings. The van der Waals surface area contributed by atoms with Crippen molar-refractivity contribution in [1.29, 1.82) is 0 Å². The van der Waals surface area contributed by atoms with Crippen LogP contribution in [0.3, 0.4) is 0 Å². The number of carbonyl (C=O) groups excluding carboxylic acids is 1. The second-order valence-corrected chi connectivity index (χ2v) is 9.09. The molecule has 0 radical (unpaired) electrons. The van der Waals surface area contributed by atoms with Crippen molar-refractivity contribution in [3.05, 3.63) is 69.8 Å². The van der Waals surface area contributed by atoms with Crippen molar-refractivity contribution in [1.82, 2.24) is 19.4 Å². The number of nitrogens with one attached hydrogen (secondary N) is 1. The number of fused-ring (bicyclic) bond motifs is 7. The lowest BCUT2D eigenvalue weighted by Crippen LogP contribution is -2.50. The molecule has 0 saturated carbocycles. The first-order valence-corrected chi connectivity index (χ1v) is 10.9. The van der Waals surface area contributed by atoms with E-state index in [0.717, 1.165) is 50.2 Å². The highest BCUT2D eigenvalue weighted by Gasteiger charge is 2.35. The molecule has 2 atom stereocenters. The number of nitrogens with zero attached hydrogens (tertiary/aromatic N) is 3. The molecule has 1 fully saturated rings. The van der Waals surface area contributed by atoms with Gasteiger partial charge in [-0.2, -0.15) is 0 Å². The van der Waals surface area contributed by atoms with Crippen molar-refractivity contribution in [3.8, 4) is 0 Å². The molecule has 1 aromatic carbocycles. The number of pyridine rings is 1. The Morgan fingerprint density at radius 3 is 2.90 bits per heavy atom. The quantitative estimate of drug-likeness (QED) is 0.716. The molecule has 1 N–H and O–H groups in total. The fraction of sp³-hybridized carbons (Fsp3) is 0.417. The highest BCUT2D eigenvalue weighted by Crippen LogP contribution is 2.35. The molecule has 0 aliphatic carbocycles. The molecular formula is C24H26N4O2. The molecule has 0 spiro atoms. The van der Waals surface area contributed by atoms with Crippen LogP contribution < -0.4 is 5.56 Å². The number of amides is 1. The van der Waals surface area contributed by atoms with Crippen LogP contribution in [-0.2, 0) is 24.3 Å². The van der Waals surface area contributed by atoms with Crippen LogP contribution in [0.25, 0.3) is 10.9 Å². The van der Waals surface area contributed by atoms with Crippen LogP contribution in [-0.4, -0.2) is 51.4 Å². The van der Waals surface area contributed by atoms with Gasteiger partial charge in [-0.1, -0.05) is 24.3 Å². The van der Waals surface area contributed by atoms with Crippen molar-refractivity contribution in [2.75, 3.05) is 26.2 Å². The third-order valence-electron chi connectivity index (χ3n) is 7.15. The number of H-pyrrole nitrogens is 1. The average molecular weight is 402 g/mol. The van der Waals surface area contributed by atoms with Crippen LogP contribution in [0.15, 0.2) is 47.3 Å². The standard InChI is InChI=1S/C24H26N4O2/c29-23-7-3-6-22-17-10-16(12-28(22)23)11-26(13-17)15-24(30)27-9-8-21-19(14-27)18-4-1-2-5-20(18)25-21/h1-7,16-17,25H,8-15H2/t16-,17+/m1/s1. The summed E-state index contributed by atoms with van der Waals surface area (Å²) in [6.07, 6.45) is 2.01. The predicted octanol–water partition coefficient (Wildman–Crippen LogP) is 2.33. The fourth-order valence-electron chi connectivity index (χ4n) is 5.80. The Labute approximate surface area is 175 Å². The number of likely N-dealkylation sites (tertiary alicyclic amines) is 1. The highest BCUT2D eigenvalue weighted by atomic mass is 16.2. The minimum atomic E-state index is 0.106. The molecule has 3 aliphatic heterocycles. The number of benzene rings is 1. The maximum Gasteiger partial charge on any atom is 0.250 e. The van der Waals surface area contributed by atoms with Gasteiger partial charge in [-0.25, -0.2) is 0 Å². The summed E-state index contributed by atoms with van der Waals surface area (Å²) in [7, 11) is 0. The van der Waals surface area contributed by atoms with Crippen LogP contribution in [0.1, 0.15) is 29.3 Å². The van der Waals surface area contributed by atoms with E-state index in [1.54, 1.807) is 6.07 Å². The van der Waals surface area contributed by atoms with Crippen molar-refractivity contribution in [2.45, 2.75) is 31.8 Å². The second-order valence-electron chi connectivity index (χ2n) is 9.09. The minimum Gasteiger partial charge on any atom is -0.358 e. The largest absolute Gasteiger partial charge is 0.358 e. The summed E-state index contributed by atoms with van der Waals surface area (Å²) in [6, 6.07) is 14.0. The number of rotatable bonds is 2. The number of aromatic nitrogens is 2. The number of hydrogen-bond donors (Lipinski definition) is 1. The van der Waals surface area contributed by atoms with Gasteiger partial charge in [0.25, 0.3) is 5.56 Å². The van der Waals surface area contributed by atoms with E-state index in [2.05, 4.69) is 34.1 Å². The summed E-state index contributed by atoms with van der Waals surface area (Å²) in [6.45, 7) is 4.47. The Balaban J connectivity index is 1.18. The predicted molar refractivity (Wildman–Crippen MR) is 115 cm³/mol. The molecule has 1 saturated heterocycles.